The van der Waals surface area contributed by atoms with Crippen LogP contribution in [0.4, 0.5) is 26.3 Å². The number of nitrogens with one attached hydrogen (secondary N) is 2. The number of benzene rings is 2. The molecule has 0 bridgehead atoms. The minimum Gasteiger partial charge on any atom is -0.352 e. The number of nitrogens with zero attached hydrogens (tertiary/aromatic N) is 2. The predicted molar refractivity (Wildman–Crippen MR) is 163 cm³/mol. The first-order valence-corrected chi connectivity index (χ1v) is 16.3. The van der Waals surface area contributed by atoms with Gasteiger partial charge in [-0.05, 0) is 73.9 Å². The Morgan fingerprint density at radius 2 is 1.41 bits per heavy atom. The molecule has 3 aliphatic rings. The summed E-state index contributed by atoms with van der Waals surface area (Å²) in [6, 6.07) is 14.3. The second kappa shape index (κ2) is 14.3. The zero-order valence-corrected chi connectivity index (χ0v) is 25.9. The largest absolute Gasteiger partial charge is 0.405 e. The monoisotopic (exact) mass is 652 g/mol. The second-order valence-corrected chi connectivity index (χ2v) is 12.8. The van der Waals surface area contributed by atoms with Crippen LogP contribution in [-0.2, 0) is 15.0 Å². The van der Waals surface area contributed by atoms with Gasteiger partial charge in [-0.1, -0.05) is 61.4 Å². The first-order chi connectivity index (χ1) is 21.9. The molecule has 2 saturated heterocycles. The van der Waals surface area contributed by atoms with Crippen LogP contribution < -0.4 is 10.6 Å². The zero-order valence-electron chi connectivity index (χ0n) is 25.9. The van der Waals surface area contributed by atoms with Gasteiger partial charge in [-0.3, -0.25) is 14.5 Å². The Morgan fingerprint density at radius 1 is 0.783 bits per heavy atom. The van der Waals surface area contributed by atoms with E-state index in [1.165, 1.54) is 0 Å². The SMILES string of the molecule is O=C(NC1CCN(CCCCC2(C(=O)NCC(F)(F)F)c3ccccc3-c3ccccc32)CC1)C1CCCCN1CCC(F)(F)F. The molecule has 0 radical (unpaired) electrons. The molecule has 2 aromatic rings. The maximum Gasteiger partial charge on any atom is 0.405 e. The van der Waals surface area contributed by atoms with Crippen molar-refractivity contribution in [3.63, 3.8) is 0 Å². The predicted octanol–water partition coefficient (Wildman–Crippen LogP) is 6.19. The van der Waals surface area contributed by atoms with Crippen LogP contribution in [0.5, 0.6) is 0 Å². The number of rotatable bonds is 11. The number of likely N-dealkylation sites (tertiary alicyclic amines) is 2. The molecule has 46 heavy (non-hydrogen) atoms. The summed E-state index contributed by atoms with van der Waals surface area (Å²) in [7, 11) is 0. The first kappa shape index (κ1) is 34.2. The van der Waals surface area contributed by atoms with Gasteiger partial charge in [-0.25, -0.2) is 0 Å². The van der Waals surface area contributed by atoms with Crippen molar-refractivity contribution in [2.45, 2.75) is 87.6 Å². The van der Waals surface area contributed by atoms with Gasteiger partial charge in [0.25, 0.3) is 0 Å². The number of carbonyl (C=O) groups is 2. The number of piperidine rings is 2. The lowest BCUT2D eigenvalue weighted by molar-refractivity contribution is -0.144. The summed E-state index contributed by atoms with van der Waals surface area (Å²) in [6.45, 7) is 1.18. The Kier molecular flexibility index (Phi) is 10.7. The van der Waals surface area contributed by atoms with Crippen molar-refractivity contribution in [3.05, 3.63) is 59.7 Å². The van der Waals surface area contributed by atoms with E-state index in [-0.39, 0.29) is 18.5 Å². The van der Waals surface area contributed by atoms with Gasteiger partial charge in [0.2, 0.25) is 11.8 Å². The fourth-order valence-corrected chi connectivity index (χ4v) is 7.43. The average molecular weight is 653 g/mol. The van der Waals surface area contributed by atoms with Crippen molar-refractivity contribution in [1.82, 2.24) is 20.4 Å². The van der Waals surface area contributed by atoms with E-state index < -0.39 is 42.7 Å². The Labute approximate surface area is 265 Å². The maximum absolute atomic E-state index is 13.7. The van der Waals surface area contributed by atoms with Gasteiger partial charge in [-0.2, -0.15) is 26.3 Å². The summed E-state index contributed by atoms with van der Waals surface area (Å²) in [5.74, 6) is -0.833. The second-order valence-electron chi connectivity index (χ2n) is 12.8. The van der Waals surface area contributed by atoms with E-state index >= 15 is 0 Å². The number of halogens is 6. The Hall–Kier alpha value is -3.12. The lowest BCUT2D eigenvalue weighted by atomic mass is 9.73. The number of fused-ring (bicyclic) bond motifs is 3. The van der Waals surface area contributed by atoms with Crippen molar-refractivity contribution in [3.8, 4) is 11.1 Å². The van der Waals surface area contributed by atoms with Crippen molar-refractivity contribution in [1.29, 1.82) is 0 Å². The maximum atomic E-state index is 13.7. The molecule has 0 saturated carbocycles. The van der Waals surface area contributed by atoms with Crippen LogP contribution in [0.2, 0.25) is 0 Å². The molecular formula is C34H42F6N4O2. The molecule has 12 heteroatoms. The molecule has 5 rings (SSSR count). The number of alkyl halides is 6. The van der Waals surface area contributed by atoms with Crippen LogP contribution in [0.3, 0.4) is 0 Å². The highest BCUT2D eigenvalue weighted by Crippen LogP contribution is 2.51. The summed E-state index contributed by atoms with van der Waals surface area (Å²) in [6.07, 6.45) is -4.35. The molecule has 1 aliphatic carbocycles. The molecule has 6 nitrogen and oxygen atoms in total. The first-order valence-electron chi connectivity index (χ1n) is 16.3. The van der Waals surface area contributed by atoms with Gasteiger partial charge in [0.05, 0.1) is 12.5 Å². The fourth-order valence-electron chi connectivity index (χ4n) is 7.43. The summed E-state index contributed by atoms with van der Waals surface area (Å²) in [5, 5.41) is 5.26. The highest BCUT2D eigenvalue weighted by atomic mass is 19.4. The van der Waals surface area contributed by atoms with Crippen molar-refractivity contribution >= 4 is 11.8 Å². The molecule has 0 spiro atoms. The molecule has 2 amide bonds. The van der Waals surface area contributed by atoms with E-state index in [0.29, 0.717) is 25.8 Å². The van der Waals surface area contributed by atoms with Gasteiger partial charge >= 0.3 is 12.4 Å². The number of unbranched alkanes of at least 4 members (excludes halogenated alkanes) is 1. The van der Waals surface area contributed by atoms with Crippen molar-refractivity contribution in [2.75, 3.05) is 39.3 Å². The zero-order chi connectivity index (χ0) is 33.0. The average Bonchev–Trinajstić information content (AvgIpc) is 3.32. The van der Waals surface area contributed by atoms with E-state index in [9.17, 15) is 35.9 Å². The van der Waals surface area contributed by atoms with Crippen LogP contribution in [0, 0.1) is 0 Å². The highest BCUT2D eigenvalue weighted by Gasteiger charge is 2.49. The molecule has 252 valence electrons. The number of hydrogen-bond acceptors (Lipinski definition) is 4. The Morgan fingerprint density at radius 3 is 2.02 bits per heavy atom. The quantitative estimate of drug-likeness (QED) is 0.225. The summed E-state index contributed by atoms with van der Waals surface area (Å²) >= 11 is 0. The van der Waals surface area contributed by atoms with Crippen LogP contribution in [0.1, 0.15) is 68.9 Å². The van der Waals surface area contributed by atoms with Crippen molar-refractivity contribution in [2.24, 2.45) is 0 Å². The van der Waals surface area contributed by atoms with Gasteiger partial charge in [0, 0.05) is 25.7 Å². The van der Waals surface area contributed by atoms with Crippen molar-refractivity contribution < 1.29 is 35.9 Å². The van der Waals surface area contributed by atoms with Crippen LogP contribution in [0.15, 0.2) is 48.5 Å². The standard InChI is InChI=1S/C34H42F6N4O2/c35-33(36,37)17-22-44-19-7-5-13-29(44)30(45)42-24-14-20-43(21-15-24)18-8-6-16-32(31(46)41-23-34(38,39)40)27-11-3-1-9-25(27)26-10-2-4-12-28(26)32/h1-4,9-12,24,29H,5-8,13-23H2,(H,41,46)(H,42,45). The van der Waals surface area contributed by atoms with Crippen LogP contribution in [0.25, 0.3) is 11.1 Å². The molecule has 0 aromatic heterocycles. The minimum absolute atomic E-state index is 0.0396. The van der Waals surface area contributed by atoms with E-state index in [0.717, 1.165) is 74.0 Å². The molecule has 2 aliphatic heterocycles. The normalized spacial score (nSPS) is 20.6. The van der Waals surface area contributed by atoms with E-state index in [2.05, 4.69) is 15.5 Å². The number of carbonyl (C=O) groups excluding carboxylic acids is 2. The van der Waals surface area contributed by atoms with Gasteiger partial charge < -0.3 is 15.5 Å². The lowest BCUT2D eigenvalue weighted by Crippen LogP contribution is -2.54. The molecular weight excluding hydrogens is 610 g/mol. The van der Waals surface area contributed by atoms with Crippen LogP contribution in [-0.4, -0.2) is 85.3 Å². The van der Waals surface area contributed by atoms with Gasteiger partial charge in [-0.15, -0.1) is 0 Å². The molecule has 1 unspecified atom stereocenters. The molecule has 2 heterocycles. The highest BCUT2D eigenvalue weighted by molar-refractivity contribution is 6.00. The third-order valence-electron chi connectivity index (χ3n) is 9.71. The molecule has 2 N–H and O–H groups in total. The molecule has 2 aromatic carbocycles. The smallest absolute Gasteiger partial charge is 0.352 e. The topological polar surface area (TPSA) is 64.7 Å². The Bertz CT molecular complexity index is 1310. The van der Waals surface area contributed by atoms with E-state index in [1.54, 1.807) is 4.90 Å². The fraction of sp³-hybridized carbons (Fsp3) is 0.588. The van der Waals surface area contributed by atoms with E-state index in [4.69, 9.17) is 0 Å². The van der Waals surface area contributed by atoms with Crippen LogP contribution >= 0.6 is 0 Å². The minimum atomic E-state index is -4.52. The number of amides is 2. The summed E-state index contributed by atoms with van der Waals surface area (Å²) < 4.78 is 77.8. The number of hydrogen-bond donors (Lipinski definition) is 2. The van der Waals surface area contributed by atoms with Gasteiger partial charge in [0.1, 0.15) is 12.0 Å². The summed E-state index contributed by atoms with van der Waals surface area (Å²) in [5.41, 5.74) is 1.95. The lowest BCUT2D eigenvalue weighted by Gasteiger charge is -2.37. The third kappa shape index (κ3) is 8.05. The molecule has 2 fully saturated rings. The summed E-state index contributed by atoms with van der Waals surface area (Å²) in [4.78, 5) is 30.7. The Balaban J connectivity index is 1.15. The third-order valence-corrected chi connectivity index (χ3v) is 9.71. The van der Waals surface area contributed by atoms with Gasteiger partial charge in [0.15, 0.2) is 0 Å². The molecule has 1 atom stereocenters. The van der Waals surface area contributed by atoms with E-state index in [1.807, 2.05) is 48.5 Å².